The Morgan fingerprint density at radius 2 is 1.79 bits per heavy atom. The van der Waals surface area contributed by atoms with E-state index in [1.807, 2.05) is 18.7 Å². The molecule has 1 amide bonds. The van der Waals surface area contributed by atoms with Gasteiger partial charge in [0.1, 0.15) is 0 Å². The number of fused-ring (bicyclic) bond motifs is 1. The van der Waals surface area contributed by atoms with E-state index in [0.29, 0.717) is 0 Å². The van der Waals surface area contributed by atoms with Crippen molar-refractivity contribution < 1.29 is 4.79 Å². The van der Waals surface area contributed by atoms with E-state index < -0.39 is 0 Å². The molecular weight excluding hydrogens is 174 g/mol. The van der Waals surface area contributed by atoms with Crippen LogP contribution in [0.4, 0.5) is 0 Å². The maximum absolute atomic E-state index is 11.7. The van der Waals surface area contributed by atoms with Gasteiger partial charge in [-0.2, -0.15) is 0 Å². The zero-order valence-electron chi connectivity index (χ0n) is 9.12. The fourth-order valence-electron chi connectivity index (χ4n) is 2.75. The summed E-state index contributed by atoms with van der Waals surface area (Å²) in [4.78, 5) is 13.8. The number of allylic oxidation sites excluding steroid dienone is 1. The van der Waals surface area contributed by atoms with Gasteiger partial charge in [-0.05, 0) is 38.5 Å². The van der Waals surface area contributed by atoms with Crippen LogP contribution in [-0.2, 0) is 4.79 Å². The van der Waals surface area contributed by atoms with Crippen LogP contribution < -0.4 is 0 Å². The fourth-order valence-corrected chi connectivity index (χ4v) is 2.75. The number of nitrogens with zero attached hydrogens (tertiary/aromatic N) is 1. The lowest BCUT2D eigenvalue weighted by molar-refractivity contribution is -0.125. The van der Waals surface area contributed by atoms with Crippen molar-refractivity contribution in [3.63, 3.8) is 0 Å². The van der Waals surface area contributed by atoms with Crippen LogP contribution in [0.5, 0.6) is 0 Å². The van der Waals surface area contributed by atoms with Crippen LogP contribution in [-0.4, -0.2) is 23.9 Å². The summed E-state index contributed by atoms with van der Waals surface area (Å²) in [5.74, 6) is 1.84. The summed E-state index contributed by atoms with van der Waals surface area (Å²) in [5.41, 5.74) is 1.10. The van der Waals surface area contributed by atoms with Gasteiger partial charge >= 0.3 is 0 Å². The maximum Gasteiger partial charge on any atom is 0.246 e. The predicted octanol–water partition coefficient (Wildman–Crippen LogP) is 2.21. The number of hydrogen-bond acceptors (Lipinski definition) is 1. The third kappa shape index (κ3) is 1.84. The first-order valence-corrected chi connectivity index (χ1v) is 5.60. The summed E-state index contributed by atoms with van der Waals surface area (Å²) in [6, 6.07) is 0. The molecule has 0 N–H and O–H groups in total. The van der Waals surface area contributed by atoms with Crippen molar-refractivity contribution in [3.8, 4) is 0 Å². The monoisotopic (exact) mass is 193 g/mol. The summed E-state index contributed by atoms with van der Waals surface area (Å²) in [7, 11) is 0. The minimum Gasteiger partial charge on any atom is -0.339 e. The molecular formula is C12H19NO. The molecule has 0 aromatic heterocycles. The number of carbonyl (C=O) groups is 1. The van der Waals surface area contributed by atoms with Gasteiger partial charge in [-0.15, -0.1) is 0 Å². The summed E-state index contributed by atoms with van der Waals surface area (Å²) < 4.78 is 0. The molecule has 2 aliphatic rings. The van der Waals surface area contributed by atoms with Gasteiger partial charge in [0.2, 0.25) is 5.91 Å². The smallest absolute Gasteiger partial charge is 0.246 e. The van der Waals surface area contributed by atoms with E-state index in [-0.39, 0.29) is 5.91 Å². The number of amides is 1. The van der Waals surface area contributed by atoms with E-state index in [9.17, 15) is 4.79 Å². The molecule has 1 saturated heterocycles. The highest BCUT2D eigenvalue weighted by atomic mass is 16.2. The van der Waals surface area contributed by atoms with Crippen molar-refractivity contribution in [3.05, 3.63) is 11.6 Å². The summed E-state index contributed by atoms with van der Waals surface area (Å²) in [5, 5.41) is 0. The van der Waals surface area contributed by atoms with Gasteiger partial charge in [0, 0.05) is 19.2 Å². The first-order valence-electron chi connectivity index (χ1n) is 5.60. The molecule has 14 heavy (non-hydrogen) atoms. The van der Waals surface area contributed by atoms with Gasteiger partial charge in [0.15, 0.2) is 0 Å². The molecule has 1 aliphatic heterocycles. The Kier molecular flexibility index (Phi) is 2.62. The molecule has 1 heterocycles. The molecule has 0 aromatic carbocycles. The SMILES string of the molecule is CC(C)=CC(=O)N1CC2CCCC2C1. The Balaban J connectivity index is 1.96. The molecule has 2 rings (SSSR count). The molecule has 0 spiro atoms. The van der Waals surface area contributed by atoms with Crippen LogP contribution >= 0.6 is 0 Å². The number of likely N-dealkylation sites (tertiary alicyclic amines) is 1. The van der Waals surface area contributed by atoms with Crippen molar-refractivity contribution in [2.45, 2.75) is 33.1 Å². The van der Waals surface area contributed by atoms with E-state index in [2.05, 4.69) is 0 Å². The lowest BCUT2D eigenvalue weighted by atomic mass is 10.0. The summed E-state index contributed by atoms with van der Waals surface area (Å²) in [6.45, 7) is 5.98. The average Bonchev–Trinajstić information content (AvgIpc) is 2.58. The lowest BCUT2D eigenvalue weighted by Crippen LogP contribution is -2.27. The second-order valence-corrected chi connectivity index (χ2v) is 4.92. The van der Waals surface area contributed by atoms with Crippen LogP contribution in [0.1, 0.15) is 33.1 Å². The molecule has 0 bridgehead atoms. The minimum atomic E-state index is 0.222. The van der Waals surface area contributed by atoms with Crippen molar-refractivity contribution in [2.24, 2.45) is 11.8 Å². The molecule has 78 valence electrons. The molecule has 2 nitrogen and oxygen atoms in total. The molecule has 0 radical (unpaired) electrons. The molecule has 1 aliphatic carbocycles. The van der Waals surface area contributed by atoms with Crippen molar-refractivity contribution in [1.29, 1.82) is 0 Å². The second kappa shape index (κ2) is 3.76. The van der Waals surface area contributed by atoms with Crippen LogP contribution in [0.3, 0.4) is 0 Å². The summed E-state index contributed by atoms with van der Waals surface area (Å²) in [6.07, 6.45) is 5.81. The Bertz CT molecular complexity index is 253. The second-order valence-electron chi connectivity index (χ2n) is 4.92. The molecule has 1 saturated carbocycles. The molecule has 2 atom stereocenters. The first-order chi connectivity index (χ1) is 6.66. The van der Waals surface area contributed by atoms with Crippen molar-refractivity contribution in [2.75, 3.05) is 13.1 Å². The van der Waals surface area contributed by atoms with Gasteiger partial charge in [0.05, 0.1) is 0 Å². The average molecular weight is 193 g/mol. The zero-order chi connectivity index (χ0) is 10.1. The minimum absolute atomic E-state index is 0.222. The third-order valence-corrected chi connectivity index (χ3v) is 3.45. The highest BCUT2D eigenvalue weighted by Crippen LogP contribution is 2.37. The number of carbonyl (C=O) groups excluding carboxylic acids is 1. The molecule has 2 unspecified atom stereocenters. The van der Waals surface area contributed by atoms with Gasteiger partial charge in [-0.3, -0.25) is 4.79 Å². The highest BCUT2D eigenvalue weighted by molar-refractivity contribution is 5.88. The Labute approximate surface area is 86.0 Å². The Morgan fingerprint density at radius 1 is 1.21 bits per heavy atom. The standard InChI is InChI=1S/C12H19NO/c1-9(2)6-12(14)13-7-10-4-3-5-11(10)8-13/h6,10-11H,3-5,7-8H2,1-2H3. The quantitative estimate of drug-likeness (QED) is 0.585. The van der Waals surface area contributed by atoms with E-state index in [0.717, 1.165) is 30.5 Å². The summed E-state index contributed by atoms with van der Waals surface area (Å²) >= 11 is 0. The number of rotatable bonds is 1. The van der Waals surface area contributed by atoms with Crippen LogP contribution in [0.2, 0.25) is 0 Å². The fraction of sp³-hybridized carbons (Fsp3) is 0.750. The lowest BCUT2D eigenvalue weighted by Gasteiger charge is -2.15. The predicted molar refractivity (Wildman–Crippen MR) is 56.8 cm³/mol. The normalized spacial score (nSPS) is 30.3. The maximum atomic E-state index is 11.7. The molecule has 0 aromatic rings. The Morgan fingerprint density at radius 3 is 2.29 bits per heavy atom. The van der Waals surface area contributed by atoms with Gasteiger partial charge in [0.25, 0.3) is 0 Å². The first kappa shape index (κ1) is 9.75. The van der Waals surface area contributed by atoms with Crippen LogP contribution in [0.25, 0.3) is 0 Å². The topological polar surface area (TPSA) is 20.3 Å². The third-order valence-electron chi connectivity index (χ3n) is 3.45. The van der Waals surface area contributed by atoms with Gasteiger partial charge in [-0.25, -0.2) is 0 Å². The van der Waals surface area contributed by atoms with Crippen LogP contribution in [0, 0.1) is 11.8 Å². The van der Waals surface area contributed by atoms with E-state index >= 15 is 0 Å². The highest BCUT2D eigenvalue weighted by Gasteiger charge is 2.37. The van der Waals surface area contributed by atoms with Crippen molar-refractivity contribution in [1.82, 2.24) is 4.90 Å². The number of hydrogen-bond donors (Lipinski definition) is 0. The van der Waals surface area contributed by atoms with E-state index in [1.54, 1.807) is 6.08 Å². The van der Waals surface area contributed by atoms with Crippen LogP contribution in [0.15, 0.2) is 11.6 Å². The largest absolute Gasteiger partial charge is 0.339 e. The molecule has 2 heteroatoms. The van der Waals surface area contributed by atoms with Gasteiger partial charge < -0.3 is 4.90 Å². The van der Waals surface area contributed by atoms with Gasteiger partial charge in [-0.1, -0.05) is 12.0 Å². The Hall–Kier alpha value is -0.790. The van der Waals surface area contributed by atoms with E-state index in [4.69, 9.17) is 0 Å². The van der Waals surface area contributed by atoms with Crippen molar-refractivity contribution >= 4 is 5.91 Å². The van der Waals surface area contributed by atoms with E-state index in [1.165, 1.54) is 19.3 Å². The molecule has 2 fully saturated rings. The zero-order valence-corrected chi connectivity index (χ0v) is 9.12.